The van der Waals surface area contributed by atoms with Crippen LogP contribution in [-0.2, 0) is 21.7 Å². The molecule has 11 heteroatoms. The molecule has 0 amide bonds. The van der Waals surface area contributed by atoms with E-state index >= 15 is 0 Å². The summed E-state index contributed by atoms with van der Waals surface area (Å²) in [4.78, 5) is 21.8. The van der Waals surface area contributed by atoms with Crippen molar-refractivity contribution >= 4 is 34.3 Å². The Morgan fingerprint density at radius 3 is 2.39 bits per heavy atom. The lowest BCUT2D eigenvalue weighted by Crippen LogP contribution is -2.23. The third-order valence-corrected chi connectivity index (χ3v) is 6.71. The minimum absolute atomic E-state index is 0.258. The van der Waals surface area contributed by atoms with Crippen molar-refractivity contribution < 1.29 is 9.22 Å². The lowest BCUT2D eigenvalue weighted by Gasteiger charge is -2.20. The minimum Gasteiger partial charge on any atom is -0.357 e. The van der Waals surface area contributed by atoms with Gasteiger partial charge in [0.2, 0.25) is 0 Å². The molecular formula is C25H34N8O2S. The van der Waals surface area contributed by atoms with Gasteiger partial charge in [0.25, 0.3) is 0 Å². The smallest absolute Gasteiger partial charge is 0.183 e. The average Bonchev–Trinajstić information content (AvgIpc) is 3.46. The Labute approximate surface area is 216 Å². The molecule has 1 aliphatic heterocycles. The molecule has 0 unspecified atom stereocenters. The van der Waals surface area contributed by atoms with Crippen LogP contribution in [0, 0.1) is 13.8 Å². The van der Waals surface area contributed by atoms with Gasteiger partial charge in [-0.2, -0.15) is 14.5 Å². The van der Waals surface area contributed by atoms with E-state index in [1.54, 1.807) is 0 Å². The Balaban J connectivity index is 1.88. The number of hydrogen-bond acceptors (Lipinski definition) is 9. The number of anilines is 1. The van der Waals surface area contributed by atoms with Crippen LogP contribution >= 0.6 is 12.0 Å². The van der Waals surface area contributed by atoms with E-state index in [9.17, 15) is 0 Å². The Hall–Kier alpha value is -3.02. The number of aryl methyl sites for hydroxylation is 3. The molecule has 3 aromatic rings. The summed E-state index contributed by atoms with van der Waals surface area (Å²) in [5.41, 5.74) is 5.51. The first-order valence-electron chi connectivity index (χ1n) is 12.0. The van der Waals surface area contributed by atoms with E-state index < -0.39 is 0 Å². The Morgan fingerprint density at radius 1 is 1.11 bits per heavy atom. The van der Waals surface area contributed by atoms with E-state index in [2.05, 4.69) is 44.6 Å². The number of aromatic nitrogens is 5. The van der Waals surface area contributed by atoms with Crippen molar-refractivity contribution in [2.24, 2.45) is 17.1 Å². The van der Waals surface area contributed by atoms with Crippen LogP contribution in [0.15, 0.2) is 28.3 Å². The fourth-order valence-corrected chi connectivity index (χ4v) is 4.61. The summed E-state index contributed by atoms with van der Waals surface area (Å²) in [7, 11) is 3.39. The van der Waals surface area contributed by atoms with E-state index in [-0.39, 0.29) is 5.41 Å². The first-order valence-corrected chi connectivity index (χ1v) is 12.8. The van der Waals surface area contributed by atoms with Crippen molar-refractivity contribution in [3.8, 4) is 11.4 Å². The van der Waals surface area contributed by atoms with Crippen molar-refractivity contribution in [2.75, 3.05) is 25.1 Å². The molecule has 36 heavy (non-hydrogen) atoms. The normalized spacial score (nSPS) is 14.5. The van der Waals surface area contributed by atoms with E-state index in [1.807, 2.05) is 48.5 Å². The van der Waals surface area contributed by atoms with Crippen LogP contribution in [-0.4, -0.2) is 55.4 Å². The van der Waals surface area contributed by atoms with Crippen molar-refractivity contribution in [3.05, 3.63) is 41.1 Å². The van der Waals surface area contributed by atoms with Crippen molar-refractivity contribution in [2.45, 2.75) is 53.9 Å². The second-order valence-electron chi connectivity index (χ2n) is 9.62. The van der Waals surface area contributed by atoms with Crippen LogP contribution in [0.5, 0.6) is 0 Å². The molecule has 0 saturated heterocycles. The number of imidazole rings is 1. The maximum absolute atomic E-state index is 5.18. The molecule has 1 aliphatic rings. The zero-order valence-corrected chi connectivity index (χ0v) is 23.3. The van der Waals surface area contributed by atoms with Crippen LogP contribution in [0.1, 0.15) is 57.5 Å². The molecule has 0 saturated carbocycles. The van der Waals surface area contributed by atoms with Gasteiger partial charge in [0, 0.05) is 31.2 Å². The lowest BCUT2D eigenvalue weighted by molar-refractivity contribution is -0.158. The highest BCUT2D eigenvalue weighted by atomic mass is 32.2. The molecule has 4 rings (SSSR count). The van der Waals surface area contributed by atoms with Gasteiger partial charge in [0.15, 0.2) is 10.9 Å². The van der Waals surface area contributed by atoms with E-state index in [4.69, 9.17) is 29.3 Å². The van der Waals surface area contributed by atoms with Crippen LogP contribution in [0.2, 0.25) is 0 Å². The molecule has 0 spiro atoms. The molecule has 3 aromatic heterocycles. The second kappa shape index (κ2) is 10.2. The summed E-state index contributed by atoms with van der Waals surface area (Å²) in [6, 6.07) is 6.03. The number of fused-ring (bicyclic) bond motifs is 1. The van der Waals surface area contributed by atoms with Gasteiger partial charge < -0.3 is 4.90 Å². The topological polar surface area (TPSA) is 95.0 Å². The van der Waals surface area contributed by atoms with Gasteiger partial charge in [-0.3, -0.25) is 4.68 Å². The molecule has 0 aliphatic carbocycles. The third-order valence-electron chi connectivity index (χ3n) is 6.07. The van der Waals surface area contributed by atoms with Gasteiger partial charge in [-0.05, 0) is 45.9 Å². The zero-order chi connectivity index (χ0) is 26.2. The highest BCUT2D eigenvalue weighted by molar-refractivity contribution is 8.11. The SMILES string of the molecule is CCN(CC)c1ccc(/N=C2/C(SOOC)=Nn3c2nc(-c2cc(C)n(C)n2)c3C(C)(C)C)c(C)n1. The average molecular weight is 511 g/mol. The summed E-state index contributed by atoms with van der Waals surface area (Å²) in [6.07, 6.45) is 0. The molecule has 4 heterocycles. The quantitative estimate of drug-likeness (QED) is 0.252. The Bertz CT molecular complexity index is 1310. The molecule has 10 nitrogen and oxygen atoms in total. The van der Waals surface area contributed by atoms with Crippen LogP contribution < -0.4 is 4.90 Å². The maximum Gasteiger partial charge on any atom is 0.183 e. The van der Waals surface area contributed by atoms with Gasteiger partial charge in [-0.1, -0.05) is 20.8 Å². The molecular weight excluding hydrogens is 476 g/mol. The van der Waals surface area contributed by atoms with Gasteiger partial charge in [0.05, 0.1) is 36.2 Å². The predicted molar refractivity (Wildman–Crippen MR) is 145 cm³/mol. The van der Waals surface area contributed by atoms with E-state index in [0.717, 1.165) is 65.1 Å². The second-order valence-corrected chi connectivity index (χ2v) is 10.3. The molecule has 0 N–H and O–H groups in total. The highest BCUT2D eigenvalue weighted by Crippen LogP contribution is 2.37. The Kier molecular flexibility index (Phi) is 7.35. The largest absolute Gasteiger partial charge is 0.357 e. The number of hydrogen-bond donors (Lipinski definition) is 0. The number of nitrogens with zero attached hydrogens (tertiary/aromatic N) is 8. The zero-order valence-electron chi connectivity index (χ0n) is 22.4. The molecule has 0 fully saturated rings. The fraction of sp³-hybridized carbons (Fsp3) is 0.480. The highest BCUT2D eigenvalue weighted by Gasteiger charge is 2.36. The summed E-state index contributed by atoms with van der Waals surface area (Å²) in [5.74, 6) is 1.57. The monoisotopic (exact) mass is 510 g/mol. The van der Waals surface area contributed by atoms with Crippen LogP contribution in [0.25, 0.3) is 11.4 Å². The number of aliphatic imine (C=N–C) groups is 1. The van der Waals surface area contributed by atoms with E-state index in [0.29, 0.717) is 16.6 Å². The van der Waals surface area contributed by atoms with Crippen molar-refractivity contribution in [3.63, 3.8) is 0 Å². The maximum atomic E-state index is 5.18. The van der Waals surface area contributed by atoms with Crippen LogP contribution in [0.4, 0.5) is 11.5 Å². The summed E-state index contributed by atoms with van der Waals surface area (Å²) < 4.78 is 8.89. The van der Waals surface area contributed by atoms with Crippen molar-refractivity contribution in [1.82, 2.24) is 24.4 Å². The molecule has 0 radical (unpaired) electrons. The first-order chi connectivity index (χ1) is 17.1. The number of pyridine rings is 1. The Morgan fingerprint density at radius 2 is 1.83 bits per heavy atom. The lowest BCUT2D eigenvalue weighted by atomic mass is 9.90. The van der Waals surface area contributed by atoms with Crippen LogP contribution in [0.3, 0.4) is 0 Å². The van der Waals surface area contributed by atoms with E-state index in [1.165, 1.54) is 7.11 Å². The summed E-state index contributed by atoms with van der Waals surface area (Å²) >= 11 is 1.01. The minimum atomic E-state index is -0.258. The molecule has 192 valence electrons. The molecule has 0 aromatic carbocycles. The predicted octanol–water partition coefficient (Wildman–Crippen LogP) is 4.96. The standard InChI is InChI=1S/C25H34N8O2S/c1-10-32(11-2)19-13-12-17(16(4)26-19)27-21-23-28-20(18-14-15(3)31(8)29-18)22(25(5,6)7)33(23)30-24(21)36-35-34-9/h12-14H,10-11H2,1-9H3/b27-21+. The van der Waals surface area contributed by atoms with Gasteiger partial charge in [0.1, 0.15) is 22.9 Å². The number of rotatable bonds is 7. The van der Waals surface area contributed by atoms with Crippen molar-refractivity contribution in [1.29, 1.82) is 0 Å². The molecule has 0 atom stereocenters. The van der Waals surface area contributed by atoms with Gasteiger partial charge in [-0.15, -0.1) is 0 Å². The first kappa shape index (κ1) is 26.1. The van der Waals surface area contributed by atoms with Gasteiger partial charge >= 0.3 is 0 Å². The summed E-state index contributed by atoms with van der Waals surface area (Å²) in [5, 5.41) is 10.1. The summed E-state index contributed by atoms with van der Waals surface area (Å²) in [6.45, 7) is 16.4. The fourth-order valence-electron chi connectivity index (χ4n) is 4.15. The molecule has 0 bridgehead atoms. The third kappa shape index (κ3) is 4.82. The van der Waals surface area contributed by atoms with Gasteiger partial charge in [-0.25, -0.2) is 24.5 Å².